The summed E-state index contributed by atoms with van der Waals surface area (Å²) in [6.45, 7) is 6.60. The molecule has 3 rings (SSSR count). The molecule has 1 N–H and O–H groups in total. The van der Waals surface area contributed by atoms with E-state index < -0.39 is 11.9 Å². The van der Waals surface area contributed by atoms with Gasteiger partial charge in [-0.25, -0.2) is 9.59 Å². The first kappa shape index (κ1) is 22.9. The smallest absolute Gasteiger partial charge is 0.355 e. The average molecular weight is 443 g/mol. The van der Waals surface area contributed by atoms with Gasteiger partial charge in [0.2, 0.25) is 5.82 Å². The van der Waals surface area contributed by atoms with Crippen LogP contribution in [0.3, 0.4) is 0 Å². The Morgan fingerprint density at radius 1 is 1.12 bits per heavy atom. The second kappa shape index (κ2) is 9.54. The number of carbonyl (C=O) groups excluding carboxylic acids is 2. The van der Waals surface area contributed by atoms with E-state index in [0.29, 0.717) is 33.9 Å². The number of H-pyrrole nitrogens is 1. The molecule has 2 aromatic heterocycles. The lowest BCUT2D eigenvalue weighted by molar-refractivity contribution is 0.0376. The summed E-state index contributed by atoms with van der Waals surface area (Å²) in [6, 6.07) is 5.18. The van der Waals surface area contributed by atoms with Crippen molar-refractivity contribution in [2.45, 2.75) is 40.4 Å². The third-order valence-electron chi connectivity index (χ3n) is 4.63. The predicted octanol–water partition coefficient (Wildman–Crippen LogP) is 3.62. The highest BCUT2D eigenvalue weighted by molar-refractivity contribution is 5.98. The summed E-state index contributed by atoms with van der Waals surface area (Å²) in [5.41, 5.74) is 2.05. The topological polar surface area (TPSA) is 126 Å². The summed E-state index contributed by atoms with van der Waals surface area (Å²) in [5.74, 6) is 0.354. The lowest BCUT2D eigenvalue weighted by Gasteiger charge is -2.08. The molecule has 0 atom stereocenters. The van der Waals surface area contributed by atoms with Gasteiger partial charge in [0, 0.05) is 11.8 Å². The first-order chi connectivity index (χ1) is 15.2. The Bertz CT molecular complexity index is 1130. The Kier molecular flexibility index (Phi) is 6.82. The molecule has 32 heavy (non-hydrogen) atoms. The van der Waals surface area contributed by atoms with Crippen LogP contribution in [0.15, 0.2) is 22.7 Å². The van der Waals surface area contributed by atoms with Crippen LogP contribution in [0.1, 0.15) is 51.8 Å². The van der Waals surface area contributed by atoms with Gasteiger partial charge in [0.05, 0.1) is 31.5 Å². The molecule has 0 saturated heterocycles. The standard InChI is InChI=1S/C22H25N3O7/c1-11(2)31-21(26)18-12(3)19(23-13(18)4)22(27)30-10-17-24-20(25-32-17)15-8-7-14(28-5)9-16(15)29-6/h7-9,11,23H,10H2,1-6H3. The maximum Gasteiger partial charge on any atom is 0.355 e. The number of hydrogen-bond donors (Lipinski definition) is 1. The third-order valence-corrected chi connectivity index (χ3v) is 4.63. The second-order valence-corrected chi connectivity index (χ2v) is 7.23. The third kappa shape index (κ3) is 4.74. The Hall–Kier alpha value is -3.82. The lowest BCUT2D eigenvalue weighted by Crippen LogP contribution is -2.13. The molecule has 0 saturated carbocycles. The van der Waals surface area contributed by atoms with Gasteiger partial charge in [-0.05, 0) is 45.4 Å². The van der Waals surface area contributed by atoms with Crippen LogP contribution in [0.2, 0.25) is 0 Å². The molecule has 0 bridgehead atoms. The van der Waals surface area contributed by atoms with Gasteiger partial charge < -0.3 is 28.5 Å². The minimum Gasteiger partial charge on any atom is -0.497 e. The van der Waals surface area contributed by atoms with Crippen LogP contribution < -0.4 is 9.47 Å². The quantitative estimate of drug-likeness (QED) is 0.519. The number of hydrogen-bond acceptors (Lipinski definition) is 9. The lowest BCUT2D eigenvalue weighted by atomic mass is 10.1. The first-order valence-corrected chi connectivity index (χ1v) is 9.87. The molecule has 2 heterocycles. The largest absolute Gasteiger partial charge is 0.497 e. The van der Waals surface area contributed by atoms with Crippen molar-refractivity contribution in [2.24, 2.45) is 0 Å². The van der Waals surface area contributed by atoms with Crippen molar-refractivity contribution in [3.05, 3.63) is 46.6 Å². The summed E-state index contributed by atoms with van der Waals surface area (Å²) < 4.78 is 26.3. The van der Waals surface area contributed by atoms with Crippen molar-refractivity contribution >= 4 is 11.9 Å². The number of carbonyl (C=O) groups is 2. The highest BCUT2D eigenvalue weighted by Crippen LogP contribution is 2.31. The Morgan fingerprint density at radius 3 is 2.53 bits per heavy atom. The molecule has 3 aromatic rings. The van der Waals surface area contributed by atoms with Crippen LogP contribution in [-0.4, -0.2) is 47.4 Å². The number of benzene rings is 1. The van der Waals surface area contributed by atoms with Crippen LogP contribution in [0, 0.1) is 13.8 Å². The molecule has 1 aromatic carbocycles. The van der Waals surface area contributed by atoms with Gasteiger partial charge in [0.25, 0.3) is 5.89 Å². The molecule has 0 aliphatic rings. The van der Waals surface area contributed by atoms with Crippen molar-refractivity contribution in [1.29, 1.82) is 0 Å². The van der Waals surface area contributed by atoms with Crippen molar-refractivity contribution in [3.8, 4) is 22.9 Å². The number of aromatic nitrogens is 3. The average Bonchev–Trinajstić information content (AvgIpc) is 3.34. The molecule has 10 nitrogen and oxygen atoms in total. The summed E-state index contributed by atoms with van der Waals surface area (Å²) in [4.78, 5) is 32.0. The van der Waals surface area contributed by atoms with E-state index in [0.717, 1.165) is 0 Å². The number of rotatable bonds is 8. The molecule has 0 amide bonds. The van der Waals surface area contributed by atoms with Crippen LogP contribution >= 0.6 is 0 Å². The maximum atomic E-state index is 12.6. The Morgan fingerprint density at radius 2 is 1.88 bits per heavy atom. The molecule has 0 aliphatic carbocycles. The van der Waals surface area contributed by atoms with E-state index in [1.807, 2.05) is 0 Å². The second-order valence-electron chi connectivity index (χ2n) is 7.23. The Balaban J connectivity index is 1.72. The normalized spacial score (nSPS) is 10.8. The van der Waals surface area contributed by atoms with E-state index in [1.54, 1.807) is 53.0 Å². The predicted molar refractivity (Wildman–Crippen MR) is 113 cm³/mol. The molecule has 0 fully saturated rings. The molecule has 170 valence electrons. The fourth-order valence-corrected chi connectivity index (χ4v) is 3.14. The van der Waals surface area contributed by atoms with Crippen molar-refractivity contribution in [1.82, 2.24) is 15.1 Å². The van der Waals surface area contributed by atoms with Crippen molar-refractivity contribution in [2.75, 3.05) is 14.2 Å². The minimum atomic E-state index is -0.657. The Labute approximate surface area is 184 Å². The zero-order valence-electron chi connectivity index (χ0n) is 18.8. The monoisotopic (exact) mass is 443 g/mol. The van der Waals surface area contributed by atoms with E-state index in [4.69, 9.17) is 23.5 Å². The van der Waals surface area contributed by atoms with Gasteiger partial charge in [-0.15, -0.1) is 0 Å². The molecule has 0 aliphatic heterocycles. The molecule has 0 radical (unpaired) electrons. The van der Waals surface area contributed by atoms with Crippen LogP contribution in [0.5, 0.6) is 11.5 Å². The highest BCUT2D eigenvalue weighted by Gasteiger charge is 2.25. The van der Waals surface area contributed by atoms with Gasteiger partial charge in [-0.2, -0.15) is 4.98 Å². The van der Waals surface area contributed by atoms with E-state index in [9.17, 15) is 9.59 Å². The van der Waals surface area contributed by atoms with Crippen molar-refractivity contribution in [3.63, 3.8) is 0 Å². The van der Waals surface area contributed by atoms with Gasteiger partial charge in [-0.1, -0.05) is 5.16 Å². The fraction of sp³-hybridized carbons (Fsp3) is 0.364. The summed E-state index contributed by atoms with van der Waals surface area (Å²) >= 11 is 0. The number of aromatic amines is 1. The fourth-order valence-electron chi connectivity index (χ4n) is 3.14. The summed E-state index contributed by atoms with van der Waals surface area (Å²) in [6.07, 6.45) is -0.275. The van der Waals surface area contributed by atoms with Crippen molar-refractivity contribution < 1.29 is 33.1 Å². The van der Waals surface area contributed by atoms with Gasteiger partial charge in [0.15, 0.2) is 6.61 Å². The highest BCUT2D eigenvalue weighted by atomic mass is 16.6. The van der Waals surface area contributed by atoms with Crippen LogP contribution in [0.4, 0.5) is 0 Å². The zero-order valence-corrected chi connectivity index (χ0v) is 18.8. The zero-order chi connectivity index (χ0) is 23.4. The van der Waals surface area contributed by atoms with E-state index in [2.05, 4.69) is 15.1 Å². The van der Waals surface area contributed by atoms with Crippen LogP contribution in [-0.2, 0) is 16.1 Å². The molecule has 0 unspecified atom stereocenters. The van der Waals surface area contributed by atoms with Gasteiger partial charge in [0.1, 0.15) is 17.2 Å². The molecular weight excluding hydrogens is 418 g/mol. The minimum absolute atomic E-state index is 0.103. The number of ether oxygens (including phenoxy) is 4. The SMILES string of the molecule is COc1ccc(-c2noc(COC(=O)c3[nH]c(C)c(C(=O)OC(C)C)c3C)n2)c(OC)c1. The van der Waals surface area contributed by atoms with Crippen LogP contribution in [0.25, 0.3) is 11.4 Å². The number of aryl methyl sites for hydroxylation is 1. The van der Waals surface area contributed by atoms with E-state index >= 15 is 0 Å². The summed E-state index contributed by atoms with van der Waals surface area (Å²) in [7, 11) is 3.08. The van der Waals surface area contributed by atoms with E-state index in [-0.39, 0.29) is 30.1 Å². The number of methoxy groups -OCH3 is 2. The number of nitrogens with one attached hydrogen (secondary N) is 1. The number of esters is 2. The maximum absolute atomic E-state index is 12.6. The molecule has 0 spiro atoms. The van der Waals surface area contributed by atoms with Gasteiger partial charge in [-0.3, -0.25) is 0 Å². The van der Waals surface area contributed by atoms with E-state index in [1.165, 1.54) is 7.11 Å². The first-order valence-electron chi connectivity index (χ1n) is 9.87. The molecular formula is C22H25N3O7. The molecule has 10 heteroatoms. The van der Waals surface area contributed by atoms with Gasteiger partial charge >= 0.3 is 11.9 Å². The number of nitrogens with zero attached hydrogens (tertiary/aromatic N) is 2. The summed E-state index contributed by atoms with van der Waals surface area (Å²) in [5, 5.41) is 3.92.